The van der Waals surface area contributed by atoms with Crippen molar-refractivity contribution >= 4 is 23.8 Å². The Bertz CT molecular complexity index is 767. The highest BCUT2D eigenvalue weighted by molar-refractivity contribution is 6.14. The molecule has 0 bridgehead atoms. The Morgan fingerprint density at radius 1 is 1.23 bits per heavy atom. The van der Waals surface area contributed by atoms with Crippen molar-refractivity contribution in [3.05, 3.63) is 29.5 Å². The molecule has 3 rings (SSSR count). The first-order chi connectivity index (χ1) is 12.6. The number of hydrogen-bond acceptors (Lipinski definition) is 5. The summed E-state index contributed by atoms with van der Waals surface area (Å²) in [5, 5.41) is 0. The molecule has 0 unspecified atom stereocenters. The smallest absolute Gasteiger partial charge is 0.311 e. The summed E-state index contributed by atoms with van der Waals surface area (Å²) >= 11 is 0. The van der Waals surface area contributed by atoms with Crippen molar-refractivity contribution in [3.8, 4) is 11.5 Å². The van der Waals surface area contributed by atoms with E-state index < -0.39 is 0 Å². The number of ether oxygens (including phenoxy) is 2. The largest absolute Gasteiger partial charge is 0.490 e. The summed E-state index contributed by atoms with van der Waals surface area (Å²) in [6, 6.07) is 5.26. The molecular weight excluding hydrogens is 332 g/mol. The van der Waals surface area contributed by atoms with Gasteiger partial charge in [0.2, 0.25) is 0 Å². The van der Waals surface area contributed by atoms with Crippen LogP contribution in [0.4, 0.5) is 0 Å². The van der Waals surface area contributed by atoms with Crippen LogP contribution < -0.4 is 9.47 Å². The van der Waals surface area contributed by atoms with Gasteiger partial charge in [-0.2, -0.15) is 0 Å². The van der Waals surface area contributed by atoms with Crippen molar-refractivity contribution in [1.29, 1.82) is 0 Å². The van der Waals surface area contributed by atoms with Crippen LogP contribution >= 0.6 is 0 Å². The summed E-state index contributed by atoms with van der Waals surface area (Å²) in [7, 11) is 0. The minimum absolute atomic E-state index is 0.0404. The Balaban J connectivity index is 1.87. The van der Waals surface area contributed by atoms with E-state index in [-0.39, 0.29) is 11.9 Å². The SMILES string of the molecule is CCOc1cc(C=C2N=C3CCCCCN3C2=O)ccc1OC(=O)CC. The first-order valence-corrected chi connectivity index (χ1v) is 9.21. The zero-order chi connectivity index (χ0) is 18.5. The minimum Gasteiger partial charge on any atom is -0.490 e. The number of fused-ring (bicyclic) bond motifs is 1. The van der Waals surface area contributed by atoms with Gasteiger partial charge in [-0.05, 0) is 43.5 Å². The number of amidine groups is 1. The molecule has 0 aliphatic carbocycles. The van der Waals surface area contributed by atoms with Gasteiger partial charge in [0.1, 0.15) is 11.5 Å². The fourth-order valence-corrected chi connectivity index (χ4v) is 3.07. The maximum atomic E-state index is 12.6. The molecule has 0 atom stereocenters. The number of carbonyl (C=O) groups is 2. The molecule has 1 aromatic rings. The van der Waals surface area contributed by atoms with Crippen LogP contribution in [0.2, 0.25) is 0 Å². The van der Waals surface area contributed by atoms with Gasteiger partial charge in [0.25, 0.3) is 5.91 Å². The van der Waals surface area contributed by atoms with E-state index in [0.29, 0.717) is 30.2 Å². The molecule has 6 nitrogen and oxygen atoms in total. The summed E-state index contributed by atoms with van der Waals surface area (Å²) in [6.07, 6.45) is 6.12. The molecule has 0 saturated carbocycles. The number of aliphatic imine (C=N–C) groups is 1. The molecule has 2 heterocycles. The Morgan fingerprint density at radius 3 is 2.85 bits per heavy atom. The van der Waals surface area contributed by atoms with Crippen LogP contribution in [0.3, 0.4) is 0 Å². The molecule has 1 amide bonds. The number of benzene rings is 1. The van der Waals surface area contributed by atoms with Crippen LogP contribution in [-0.2, 0) is 9.59 Å². The standard InChI is InChI=1S/C20H24N2O4/c1-3-19(23)26-16-10-9-14(13-17(16)25-4-2)12-15-20(24)22-11-7-5-6-8-18(22)21-15/h9-10,12-13H,3-8,11H2,1-2H3. The molecule has 1 fully saturated rings. The molecule has 2 aliphatic heterocycles. The first-order valence-electron chi connectivity index (χ1n) is 9.21. The second-order valence-electron chi connectivity index (χ2n) is 6.29. The minimum atomic E-state index is -0.317. The van der Waals surface area contributed by atoms with Crippen LogP contribution in [0.15, 0.2) is 28.9 Å². The number of carbonyl (C=O) groups excluding carboxylic acids is 2. The molecule has 26 heavy (non-hydrogen) atoms. The zero-order valence-electron chi connectivity index (χ0n) is 15.3. The number of rotatable bonds is 5. The van der Waals surface area contributed by atoms with Gasteiger partial charge in [-0.25, -0.2) is 4.99 Å². The third kappa shape index (κ3) is 3.95. The average molecular weight is 356 g/mol. The highest BCUT2D eigenvalue weighted by atomic mass is 16.6. The summed E-state index contributed by atoms with van der Waals surface area (Å²) in [5.74, 6) is 1.39. The topological polar surface area (TPSA) is 68.2 Å². The van der Waals surface area contributed by atoms with Crippen molar-refractivity contribution in [1.82, 2.24) is 4.90 Å². The van der Waals surface area contributed by atoms with E-state index in [1.807, 2.05) is 6.92 Å². The van der Waals surface area contributed by atoms with E-state index in [2.05, 4.69) is 4.99 Å². The molecular formula is C20H24N2O4. The lowest BCUT2D eigenvalue weighted by molar-refractivity contribution is -0.134. The molecule has 0 aromatic heterocycles. The highest BCUT2D eigenvalue weighted by Gasteiger charge is 2.30. The van der Waals surface area contributed by atoms with Crippen LogP contribution in [0.25, 0.3) is 6.08 Å². The van der Waals surface area contributed by atoms with Crippen LogP contribution in [0, 0.1) is 0 Å². The van der Waals surface area contributed by atoms with Gasteiger partial charge in [-0.3, -0.25) is 14.5 Å². The van der Waals surface area contributed by atoms with Crippen molar-refractivity contribution in [2.45, 2.75) is 46.0 Å². The Hall–Kier alpha value is -2.63. The highest BCUT2D eigenvalue weighted by Crippen LogP contribution is 2.31. The van der Waals surface area contributed by atoms with Gasteiger partial charge in [-0.15, -0.1) is 0 Å². The van der Waals surface area contributed by atoms with E-state index in [0.717, 1.165) is 43.6 Å². The van der Waals surface area contributed by atoms with Crippen molar-refractivity contribution < 1.29 is 19.1 Å². The Labute approximate surface area is 153 Å². The van der Waals surface area contributed by atoms with Crippen molar-refractivity contribution in [3.63, 3.8) is 0 Å². The lowest BCUT2D eigenvalue weighted by Gasteiger charge is -2.14. The molecule has 2 aliphatic rings. The van der Waals surface area contributed by atoms with Gasteiger partial charge in [0, 0.05) is 19.4 Å². The van der Waals surface area contributed by atoms with Gasteiger partial charge in [0.05, 0.1) is 6.61 Å². The monoisotopic (exact) mass is 356 g/mol. The fraction of sp³-hybridized carbons (Fsp3) is 0.450. The second kappa shape index (κ2) is 8.17. The van der Waals surface area contributed by atoms with E-state index in [1.54, 1.807) is 36.1 Å². The Morgan fingerprint density at radius 2 is 2.08 bits per heavy atom. The molecule has 0 radical (unpaired) electrons. The average Bonchev–Trinajstić information content (AvgIpc) is 2.80. The predicted molar refractivity (Wildman–Crippen MR) is 99.1 cm³/mol. The summed E-state index contributed by atoms with van der Waals surface area (Å²) in [6.45, 7) is 4.80. The maximum absolute atomic E-state index is 12.6. The van der Waals surface area contributed by atoms with Gasteiger partial charge in [0.15, 0.2) is 11.5 Å². The quantitative estimate of drug-likeness (QED) is 0.460. The van der Waals surface area contributed by atoms with Gasteiger partial charge in [-0.1, -0.05) is 19.4 Å². The molecule has 1 saturated heterocycles. The van der Waals surface area contributed by atoms with Crippen LogP contribution in [0.1, 0.15) is 51.5 Å². The van der Waals surface area contributed by atoms with E-state index in [1.165, 1.54) is 0 Å². The molecule has 0 N–H and O–H groups in total. The summed E-state index contributed by atoms with van der Waals surface area (Å²) in [4.78, 5) is 30.5. The maximum Gasteiger partial charge on any atom is 0.311 e. The number of nitrogens with zero attached hydrogens (tertiary/aromatic N) is 2. The number of esters is 1. The van der Waals surface area contributed by atoms with Crippen LogP contribution in [0.5, 0.6) is 11.5 Å². The zero-order valence-corrected chi connectivity index (χ0v) is 15.3. The van der Waals surface area contributed by atoms with Crippen molar-refractivity contribution in [2.75, 3.05) is 13.2 Å². The van der Waals surface area contributed by atoms with E-state index >= 15 is 0 Å². The Kier molecular flexibility index (Phi) is 5.71. The van der Waals surface area contributed by atoms with E-state index in [9.17, 15) is 9.59 Å². The molecule has 1 aromatic carbocycles. The van der Waals surface area contributed by atoms with E-state index in [4.69, 9.17) is 9.47 Å². The fourth-order valence-electron chi connectivity index (χ4n) is 3.07. The van der Waals surface area contributed by atoms with Gasteiger partial charge >= 0.3 is 5.97 Å². The summed E-state index contributed by atoms with van der Waals surface area (Å²) in [5.41, 5.74) is 1.23. The lowest BCUT2D eigenvalue weighted by atomic mass is 10.1. The molecule has 0 spiro atoms. The van der Waals surface area contributed by atoms with Gasteiger partial charge < -0.3 is 9.47 Å². The first kappa shape index (κ1) is 18.2. The predicted octanol–water partition coefficient (Wildman–Crippen LogP) is 3.56. The second-order valence-corrected chi connectivity index (χ2v) is 6.29. The van der Waals surface area contributed by atoms with Crippen LogP contribution in [-0.4, -0.2) is 35.8 Å². The van der Waals surface area contributed by atoms with Crippen molar-refractivity contribution in [2.24, 2.45) is 4.99 Å². The number of hydrogen-bond donors (Lipinski definition) is 0. The molecule has 138 valence electrons. The number of amides is 1. The molecule has 6 heteroatoms. The normalized spacial score (nSPS) is 18.4. The third-order valence-corrected chi connectivity index (χ3v) is 4.39. The lowest BCUT2D eigenvalue weighted by Crippen LogP contribution is -2.31. The third-order valence-electron chi connectivity index (χ3n) is 4.39. The summed E-state index contributed by atoms with van der Waals surface area (Å²) < 4.78 is 10.9.